The van der Waals surface area contributed by atoms with Gasteiger partial charge in [0.05, 0.1) is 0 Å². The predicted molar refractivity (Wildman–Crippen MR) is 53.0 cm³/mol. The summed E-state index contributed by atoms with van der Waals surface area (Å²) in [5.74, 6) is 0.164. The van der Waals surface area contributed by atoms with Crippen molar-refractivity contribution in [1.29, 1.82) is 0 Å². The van der Waals surface area contributed by atoms with Gasteiger partial charge in [-0.15, -0.1) is 0 Å². The third kappa shape index (κ3) is 1.31. The molecule has 13 heavy (non-hydrogen) atoms. The normalized spacial score (nSPS) is 15.2. The summed E-state index contributed by atoms with van der Waals surface area (Å²) in [5.41, 5.74) is 4.33. The smallest absolute Gasteiger partial charge is 0.186 e. The number of ketones is 1. The fourth-order valence-electron chi connectivity index (χ4n) is 1.88. The molecule has 66 valence electrons. The molecule has 0 radical (unpaired) electrons. The maximum Gasteiger partial charge on any atom is 0.186 e. The van der Waals surface area contributed by atoms with Gasteiger partial charge in [-0.1, -0.05) is 23.8 Å². The molecule has 1 aliphatic rings. The molecule has 0 fully saturated rings. The van der Waals surface area contributed by atoms with Gasteiger partial charge in [0.25, 0.3) is 0 Å². The summed E-state index contributed by atoms with van der Waals surface area (Å²) in [4.78, 5) is 11.6. The Balaban J connectivity index is 2.63. The van der Waals surface area contributed by atoms with Crippen LogP contribution < -0.4 is 0 Å². The maximum absolute atomic E-state index is 11.6. The molecule has 0 saturated carbocycles. The Morgan fingerprint density at radius 2 is 2.00 bits per heavy atom. The zero-order valence-corrected chi connectivity index (χ0v) is 7.92. The highest BCUT2D eigenvalue weighted by Crippen LogP contribution is 2.23. The van der Waals surface area contributed by atoms with Crippen LogP contribution in [0.4, 0.5) is 0 Å². The van der Waals surface area contributed by atoms with E-state index >= 15 is 0 Å². The molecule has 1 aliphatic carbocycles. The van der Waals surface area contributed by atoms with Crippen LogP contribution in [-0.4, -0.2) is 5.78 Å². The van der Waals surface area contributed by atoms with E-state index < -0.39 is 0 Å². The molecule has 0 N–H and O–H groups in total. The molecule has 0 aromatic heterocycles. The molecule has 0 heterocycles. The van der Waals surface area contributed by atoms with E-state index in [2.05, 4.69) is 0 Å². The van der Waals surface area contributed by atoms with E-state index in [1.807, 2.05) is 32.0 Å². The predicted octanol–water partition coefficient (Wildman–Crippen LogP) is 2.68. The SMILES string of the molecule is CC1=CC(=O)c2c(C)cccc2C1. The van der Waals surface area contributed by atoms with Crippen LogP contribution in [0.15, 0.2) is 29.8 Å². The largest absolute Gasteiger partial charge is 0.289 e. The Kier molecular flexibility index (Phi) is 1.80. The van der Waals surface area contributed by atoms with E-state index in [-0.39, 0.29) is 5.78 Å². The van der Waals surface area contributed by atoms with Crippen molar-refractivity contribution in [2.75, 3.05) is 0 Å². The van der Waals surface area contributed by atoms with Crippen molar-refractivity contribution < 1.29 is 4.79 Å². The van der Waals surface area contributed by atoms with Gasteiger partial charge in [-0.05, 0) is 37.5 Å². The molecule has 0 unspecified atom stereocenters. The van der Waals surface area contributed by atoms with E-state index in [0.717, 1.165) is 23.1 Å². The van der Waals surface area contributed by atoms with E-state index in [9.17, 15) is 4.79 Å². The van der Waals surface area contributed by atoms with Crippen LogP contribution in [0.1, 0.15) is 28.4 Å². The molecule has 1 nitrogen and oxygen atoms in total. The summed E-state index contributed by atoms with van der Waals surface area (Å²) in [6.07, 6.45) is 2.66. The van der Waals surface area contributed by atoms with Gasteiger partial charge in [0.15, 0.2) is 5.78 Å². The number of carbonyl (C=O) groups is 1. The van der Waals surface area contributed by atoms with Crippen molar-refractivity contribution in [2.45, 2.75) is 20.3 Å². The second-order valence-electron chi connectivity index (χ2n) is 3.64. The van der Waals surface area contributed by atoms with Crippen LogP contribution in [0.5, 0.6) is 0 Å². The summed E-state index contributed by atoms with van der Waals surface area (Å²) in [7, 11) is 0. The molecular weight excluding hydrogens is 160 g/mol. The highest BCUT2D eigenvalue weighted by molar-refractivity contribution is 6.08. The standard InChI is InChI=1S/C12H12O/c1-8-6-10-5-3-4-9(2)12(10)11(13)7-8/h3-5,7H,6H2,1-2H3. The van der Waals surface area contributed by atoms with Crippen LogP contribution in [0.3, 0.4) is 0 Å². The van der Waals surface area contributed by atoms with Crippen LogP contribution in [0.25, 0.3) is 0 Å². The minimum atomic E-state index is 0.164. The minimum Gasteiger partial charge on any atom is -0.289 e. The van der Waals surface area contributed by atoms with E-state index in [4.69, 9.17) is 0 Å². The highest BCUT2D eigenvalue weighted by Gasteiger charge is 2.16. The monoisotopic (exact) mass is 172 g/mol. The number of hydrogen-bond donors (Lipinski definition) is 0. The molecule has 0 spiro atoms. The first kappa shape index (κ1) is 8.24. The van der Waals surface area contributed by atoms with Gasteiger partial charge in [0, 0.05) is 5.56 Å². The van der Waals surface area contributed by atoms with Gasteiger partial charge < -0.3 is 0 Å². The van der Waals surface area contributed by atoms with Gasteiger partial charge in [-0.2, -0.15) is 0 Å². The first-order chi connectivity index (χ1) is 6.18. The molecule has 0 amide bonds. The van der Waals surface area contributed by atoms with Crippen molar-refractivity contribution in [3.05, 3.63) is 46.5 Å². The number of rotatable bonds is 0. The number of allylic oxidation sites excluding steroid dienone is 2. The Labute approximate surface area is 78.1 Å². The summed E-state index contributed by atoms with van der Waals surface area (Å²) in [6, 6.07) is 6.04. The molecule has 0 bridgehead atoms. The summed E-state index contributed by atoms with van der Waals surface area (Å²) in [6.45, 7) is 3.99. The Hall–Kier alpha value is -1.37. The van der Waals surface area contributed by atoms with Gasteiger partial charge in [0.1, 0.15) is 0 Å². The fourth-order valence-corrected chi connectivity index (χ4v) is 1.88. The van der Waals surface area contributed by atoms with E-state index in [1.54, 1.807) is 6.08 Å². The number of aryl methyl sites for hydroxylation is 1. The lowest BCUT2D eigenvalue weighted by atomic mass is 9.89. The molecule has 0 atom stereocenters. The second-order valence-corrected chi connectivity index (χ2v) is 3.64. The lowest BCUT2D eigenvalue weighted by molar-refractivity contribution is 0.104. The van der Waals surface area contributed by atoms with Crippen molar-refractivity contribution in [3.8, 4) is 0 Å². The van der Waals surface area contributed by atoms with Crippen LogP contribution in [-0.2, 0) is 6.42 Å². The quantitative estimate of drug-likeness (QED) is 0.588. The van der Waals surface area contributed by atoms with Crippen LogP contribution >= 0.6 is 0 Å². The van der Waals surface area contributed by atoms with Crippen molar-refractivity contribution in [3.63, 3.8) is 0 Å². The highest BCUT2D eigenvalue weighted by atomic mass is 16.1. The average Bonchev–Trinajstić information content (AvgIpc) is 2.02. The minimum absolute atomic E-state index is 0.164. The molecule has 1 aromatic rings. The van der Waals surface area contributed by atoms with E-state index in [0.29, 0.717) is 0 Å². The lowest BCUT2D eigenvalue weighted by Gasteiger charge is -2.15. The van der Waals surface area contributed by atoms with Gasteiger partial charge in [-0.3, -0.25) is 4.79 Å². The topological polar surface area (TPSA) is 17.1 Å². The maximum atomic E-state index is 11.6. The zero-order valence-electron chi connectivity index (χ0n) is 7.92. The van der Waals surface area contributed by atoms with Gasteiger partial charge >= 0.3 is 0 Å². The number of fused-ring (bicyclic) bond motifs is 1. The van der Waals surface area contributed by atoms with Crippen LogP contribution in [0.2, 0.25) is 0 Å². The van der Waals surface area contributed by atoms with Crippen LogP contribution in [0, 0.1) is 6.92 Å². The first-order valence-electron chi connectivity index (χ1n) is 4.48. The van der Waals surface area contributed by atoms with Gasteiger partial charge in [-0.25, -0.2) is 0 Å². The third-order valence-electron chi connectivity index (χ3n) is 2.45. The van der Waals surface area contributed by atoms with Crippen molar-refractivity contribution >= 4 is 5.78 Å². The molecule has 0 saturated heterocycles. The number of hydrogen-bond acceptors (Lipinski definition) is 1. The molecule has 1 heteroatoms. The van der Waals surface area contributed by atoms with Crippen molar-refractivity contribution in [1.82, 2.24) is 0 Å². The molecule has 0 aliphatic heterocycles. The Morgan fingerprint density at radius 1 is 1.23 bits per heavy atom. The summed E-state index contributed by atoms with van der Waals surface area (Å²) >= 11 is 0. The number of carbonyl (C=O) groups excluding carboxylic acids is 1. The first-order valence-corrected chi connectivity index (χ1v) is 4.48. The van der Waals surface area contributed by atoms with Gasteiger partial charge in [0.2, 0.25) is 0 Å². The molecule has 1 aromatic carbocycles. The number of benzene rings is 1. The summed E-state index contributed by atoms with van der Waals surface area (Å²) < 4.78 is 0. The fraction of sp³-hybridized carbons (Fsp3) is 0.250. The zero-order chi connectivity index (χ0) is 9.42. The molecular formula is C12H12O. The summed E-state index contributed by atoms with van der Waals surface area (Å²) in [5, 5.41) is 0. The molecule has 2 rings (SSSR count). The Bertz CT molecular complexity index is 400. The average molecular weight is 172 g/mol. The van der Waals surface area contributed by atoms with Crippen molar-refractivity contribution in [2.24, 2.45) is 0 Å². The lowest BCUT2D eigenvalue weighted by Crippen LogP contribution is -2.10. The Morgan fingerprint density at radius 3 is 2.77 bits per heavy atom. The third-order valence-corrected chi connectivity index (χ3v) is 2.45. The second kappa shape index (κ2) is 2.84. The van der Waals surface area contributed by atoms with E-state index in [1.165, 1.54) is 5.56 Å².